The second kappa shape index (κ2) is 6.35. The molecule has 0 heterocycles. The lowest BCUT2D eigenvalue weighted by atomic mass is 10.1. The minimum Gasteiger partial charge on any atom is -0.396 e. The number of hydrazone groups is 1. The molecule has 0 amide bonds. The number of hydrogen-bond acceptors (Lipinski definition) is 3. The molecule has 0 aliphatic heterocycles. The van der Waals surface area contributed by atoms with Crippen molar-refractivity contribution >= 4 is 11.4 Å². The van der Waals surface area contributed by atoms with E-state index in [1.807, 2.05) is 20.9 Å². The average Bonchev–Trinajstić information content (AvgIpc) is 2.29. The molecule has 1 aromatic rings. The van der Waals surface area contributed by atoms with Crippen LogP contribution in [-0.2, 0) is 0 Å². The fraction of sp³-hybridized carbons (Fsp3) is 0.462. The van der Waals surface area contributed by atoms with Crippen LogP contribution in [0.2, 0.25) is 0 Å². The zero-order valence-corrected chi connectivity index (χ0v) is 10.5. The van der Waals surface area contributed by atoms with Gasteiger partial charge in [0.25, 0.3) is 0 Å². The van der Waals surface area contributed by atoms with Gasteiger partial charge in [-0.25, -0.2) is 4.39 Å². The Bertz CT molecular complexity index is 376. The van der Waals surface area contributed by atoms with Gasteiger partial charge >= 0.3 is 0 Å². The van der Waals surface area contributed by atoms with Crippen LogP contribution >= 0.6 is 0 Å². The lowest BCUT2D eigenvalue weighted by Gasteiger charge is -2.15. The van der Waals surface area contributed by atoms with Crippen LogP contribution in [0.4, 0.5) is 10.1 Å². The number of halogens is 1. The van der Waals surface area contributed by atoms with E-state index in [4.69, 9.17) is 5.11 Å². The summed E-state index contributed by atoms with van der Waals surface area (Å²) in [4.78, 5) is 0. The van der Waals surface area contributed by atoms with Crippen LogP contribution in [0.3, 0.4) is 0 Å². The van der Waals surface area contributed by atoms with Crippen molar-refractivity contribution in [2.45, 2.75) is 20.3 Å². The van der Waals surface area contributed by atoms with Gasteiger partial charge in [-0.1, -0.05) is 6.92 Å². The lowest BCUT2D eigenvalue weighted by Crippen LogP contribution is -2.14. The minimum atomic E-state index is -0.253. The Morgan fingerprint density at radius 3 is 2.53 bits per heavy atom. The molecule has 3 nitrogen and oxygen atoms in total. The van der Waals surface area contributed by atoms with Crippen molar-refractivity contribution in [1.29, 1.82) is 0 Å². The van der Waals surface area contributed by atoms with E-state index >= 15 is 0 Å². The second-order valence-electron chi connectivity index (χ2n) is 4.33. The first-order valence-corrected chi connectivity index (χ1v) is 5.67. The van der Waals surface area contributed by atoms with Gasteiger partial charge in [-0.3, -0.25) is 5.01 Å². The maximum absolute atomic E-state index is 12.7. The van der Waals surface area contributed by atoms with Crippen molar-refractivity contribution in [3.8, 4) is 0 Å². The number of aliphatic hydroxyl groups is 1. The molecule has 0 fully saturated rings. The quantitative estimate of drug-likeness (QED) is 0.632. The highest BCUT2D eigenvalue weighted by Crippen LogP contribution is 2.14. The molecule has 1 N–H and O–H groups in total. The highest BCUT2D eigenvalue weighted by Gasteiger charge is 2.04. The third-order valence-electron chi connectivity index (χ3n) is 2.48. The summed E-state index contributed by atoms with van der Waals surface area (Å²) < 4.78 is 12.7. The van der Waals surface area contributed by atoms with Gasteiger partial charge in [-0.15, -0.1) is 0 Å². The van der Waals surface area contributed by atoms with Crippen molar-refractivity contribution in [2.24, 2.45) is 11.0 Å². The van der Waals surface area contributed by atoms with Gasteiger partial charge in [0, 0.05) is 19.4 Å². The molecule has 0 aliphatic rings. The third-order valence-corrected chi connectivity index (χ3v) is 2.48. The molecule has 1 rings (SSSR count). The molecular formula is C13H19FN2O. The summed E-state index contributed by atoms with van der Waals surface area (Å²) in [5.41, 5.74) is 1.78. The van der Waals surface area contributed by atoms with Crippen molar-refractivity contribution in [1.82, 2.24) is 0 Å². The van der Waals surface area contributed by atoms with Crippen LogP contribution in [0.25, 0.3) is 0 Å². The van der Waals surface area contributed by atoms with Gasteiger partial charge in [-0.2, -0.15) is 5.10 Å². The second-order valence-corrected chi connectivity index (χ2v) is 4.33. The van der Waals surface area contributed by atoms with Gasteiger partial charge < -0.3 is 5.11 Å². The van der Waals surface area contributed by atoms with Gasteiger partial charge in [0.1, 0.15) is 5.82 Å². The fourth-order valence-corrected chi connectivity index (χ4v) is 1.58. The van der Waals surface area contributed by atoms with E-state index in [-0.39, 0.29) is 18.3 Å². The summed E-state index contributed by atoms with van der Waals surface area (Å²) in [6, 6.07) is 6.18. The first-order valence-electron chi connectivity index (χ1n) is 5.67. The van der Waals surface area contributed by atoms with Gasteiger partial charge in [0.2, 0.25) is 0 Å². The molecule has 0 aliphatic carbocycles. The number of rotatable bonds is 5. The van der Waals surface area contributed by atoms with E-state index in [1.165, 1.54) is 12.1 Å². The summed E-state index contributed by atoms with van der Waals surface area (Å²) in [5, 5.41) is 15.0. The fourth-order valence-electron chi connectivity index (χ4n) is 1.58. The van der Waals surface area contributed by atoms with Crippen LogP contribution in [0.1, 0.15) is 20.3 Å². The average molecular weight is 238 g/mol. The standard InChI is InChI=1S/C13H19FN2O/c1-10(9-17)8-11(2)15-16(3)13-6-4-12(14)5-7-13/h4-7,10,17H,8-9H2,1-3H3/b15-11-. The molecule has 94 valence electrons. The highest BCUT2D eigenvalue weighted by atomic mass is 19.1. The van der Waals surface area contributed by atoms with Gasteiger partial charge in [0.15, 0.2) is 0 Å². The van der Waals surface area contributed by atoms with E-state index in [0.29, 0.717) is 0 Å². The van der Waals surface area contributed by atoms with Crippen molar-refractivity contribution in [2.75, 3.05) is 18.7 Å². The maximum Gasteiger partial charge on any atom is 0.123 e. The molecular weight excluding hydrogens is 219 g/mol. The SMILES string of the molecule is C/C(CC(C)CO)=N/N(C)c1ccc(F)cc1. The maximum atomic E-state index is 12.7. The van der Waals surface area contributed by atoms with Crippen LogP contribution in [0.5, 0.6) is 0 Å². The molecule has 0 saturated carbocycles. The van der Waals surface area contributed by atoms with E-state index < -0.39 is 0 Å². The smallest absolute Gasteiger partial charge is 0.123 e. The van der Waals surface area contributed by atoms with Crippen molar-refractivity contribution < 1.29 is 9.50 Å². The molecule has 0 radical (unpaired) electrons. The molecule has 17 heavy (non-hydrogen) atoms. The Labute approximate surface area is 102 Å². The Balaban J connectivity index is 2.67. The zero-order valence-electron chi connectivity index (χ0n) is 10.5. The molecule has 0 saturated heterocycles. The molecule has 0 aromatic heterocycles. The number of hydrogen-bond donors (Lipinski definition) is 1. The highest BCUT2D eigenvalue weighted by molar-refractivity contribution is 5.83. The predicted octanol–water partition coefficient (Wildman–Crippen LogP) is 2.66. The first kappa shape index (κ1) is 13.6. The first-order chi connectivity index (χ1) is 8.02. The summed E-state index contributed by atoms with van der Waals surface area (Å²) in [7, 11) is 1.82. The van der Waals surface area contributed by atoms with Crippen molar-refractivity contribution in [3.05, 3.63) is 30.1 Å². The molecule has 1 aromatic carbocycles. The van der Waals surface area contributed by atoms with Crippen molar-refractivity contribution in [3.63, 3.8) is 0 Å². The van der Waals surface area contributed by atoms with E-state index in [2.05, 4.69) is 5.10 Å². The number of benzene rings is 1. The van der Waals surface area contributed by atoms with Crippen LogP contribution < -0.4 is 5.01 Å². The normalized spacial score (nSPS) is 13.6. The molecule has 0 bridgehead atoms. The Morgan fingerprint density at radius 2 is 2.00 bits per heavy atom. The number of nitrogens with zero attached hydrogens (tertiary/aromatic N) is 2. The van der Waals surface area contributed by atoms with Crippen LogP contribution in [0.15, 0.2) is 29.4 Å². The molecule has 1 atom stereocenters. The third kappa shape index (κ3) is 4.53. The Hall–Kier alpha value is -1.42. The Kier molecular flexibility index (Phi) is 5.10. The summed E-state index contributed by atoms with van der Waals surface area (Å²) in [6.45, 7) is 4.05. The number of aliphatic hydroxyl groups excluding tert-OH is 1. The molecule has 4 heteroatoms. The summed E-state index contributed by atoms with van der Waals surface area (Å²) >= 11 is 0. The van der Waals surface area contributed by atoms with E-state index in [0.717, 1.165) is 17.8 Å². The number of anilines is 1. The monoisotopic (exact) mass is 238 g/mol. The van der Waals surface area contributed by atoms with Gasteiger partial charge in [-0.05, 0) is 43.5 Å². The zero-order chi connectivity index (χ0) is 12.8. The molecule has 0 spiro atoms. The topological polar surface area (TPSA) is 35.8 Å². The van der Waals surface area contributed by atoms with E-state index in [1.54, 1.807) is 17.1 Å². The largest absolute Gasteiger partial charge is 0.396 e. The molecule has 1 unspecified atom stereocenters. The summed E-state index contributed by atoms with van der Waals surface area (Å²) in [6.07, 6.45) is 0.752. The van der Waals surface area contributed by atoms with Crippen LogP contribution in [-0.4, -0.2) is 24.5 Å². The summed E-state index contributed by atoms with van der Waals surface area (Å²) in [5.74, 6) is -0.0443. The Morgan fingerprint density at radius 1 is 1.41 bits per heavy atom. The lowest BCUT2D eigenvalue weighted by molar-refractivity contribution is 0.241. The van der Waals surface area contributed by atoms with Gasteiger partial charge in [0.05, 0.1) is 5.69 Å². The van der Waals surface area contributed by atoms with E-state index in [9.17, 15) is 4.39 Å². The minimum absolute atomic E-state index is 0.160. The predicted molar refractivity (Wildman–Crippen MR) is 68.8 cm³/mol. The van der Waals surface area contributed by atoms with Crippen LogP contribution in [0, 0.1) is 11.7 Å².